The Hall–Kier alpha value is -4.24. The number of rotatable bonds is 7. The van der Waals surface area contributed by atoms with Crippen LogP contribution < -0.4 is 10.5 Å². The number of ketones is 1. The van der Waals surface area contributed by atoms with Gasteiger partial charge in [0.15, 0.2) is 5.78 Å². The second kappa shape index (κ2) is 9.01. The van der Waals surface area contributed by atoms with Crippen LogP contribution in [0.1, 0.15) is 48.3 Å². The Morgan fingerprint density at radius 2 is 1.92 bits per heavy atom. The van der Waals surface area contributed by atoms with Crippen LogP contribution in [0.4, 0.5) is 4.39 Å². The second-order valence-electron chi connectivity index (χ2n) is 9.69. The molecule has 8 nitrogen and oxygen atoms in total. The molecule has 4 heterocycles. The Balaban J connectivity index is 1.49. The highest BCUT2D eigenvalue weighted by molar-refractivity contribution is 5.98. The van der Waals surface area contributed by atoms with E-state index in [1.165, 1.54) is 18.3 Å². The van der Waals surface area contributed by atoms with Gasteiger partial charge < -0.3 is 15.6 Å². The molecule has 1 aromatic carbocycles. The van der Waals surface area contributed by atoms with E-state index in [1.54, 1.807) is 50.4 Å². The Bertz CT molecular complexity index is 1540. The standard InChI is InChI=1S/C28H25FN4O4/c1-27(26(30)35)15-37-25-19(27)13-23(33-24(25)16-5-7-18(29)8-6-16)28(2,36)10-9-22(34)17-12-21-20(32-14-17)4-3-11-31-21/h3-8,11-14,36H,9-10,15H2,1-2H3,(H2,30,35)/t27-,28-/m0/s1. The summed E-state index contributed by atoms with van der Waals surface area (Å²) >= 11 is 0. The van der Waals surface area contributed by atoms with Crippen LogP contribution in [0.15, 0.2) is 60.9 Å². The first kappa shape index (κ1) is 24.5. The highest BCUT2D eigenvalue weighted by Gasteiger charge is 2.45. The van der Waals surface area contributed by atoms with E-state index in [-0.39, 0.29) is 30.9 Å². The molecular weight excluding hydrogens is 475 g/mol. The predicted octanol–water partition coefficient (Wildman–Crippen LogP) is 3.84. The molecule has 0 aliphatic carbocycles. The minimum absolute atomic E-state index is 0.0145. The third-order valence-corrected chi connectivity index (χ3v) is 6.90. The minimum atomic E-state index is -1.54. The number of carbonyl (C=O) groups is 2. The molecule has 0 radical (unpaired) electrons. The van der Waals surface area contributed by atoms with Crippen molar-refractivity contribution in [1.29, 1.82) is 0 Å². The molecule has 188 valence electrons. The molecule has 0 fully saturated rings. The number of primary amides is 1. The number of amides is 1. The van der Waals surface area contributed by atoms with Gasteiger partial charge in [-0.05, 0) is 68.8 Å². The third-order valence-electron chi connectivity index (χ3n) is 6.90. The van der Waals surface area contributed by atoms with Crippen LogP contribution in [0, 0.1) is 5.82 Å². The molecule has 2 atom stereocenters. The zero-order valence-corrected chi connectivity index (χ0v) is 20.4. The van der Waals surface area contributed by atoms with Crippen LogP contribution in [-0.2, 0) is 15.8 Å². The number of hydrogen-bond acceptors (Lipinski definition) is 7. The van der Waals surface area contributed by atoms with Gasteiger partial charge in [0.25, 0.3) is 0 Å². The summed E-state index contributed by atoms with van der Waals surface area (Å²) < 4.78 is 19.4. The fraction of sp³-hybridized carbons (Fsp3) is 0.250. The number of aromatic nitrogens is 3. The number of Topliss-reactive ketones (excluding diaryl/α,β-unsaturated/α-hetero) is 1. The first-order valence-corrected chi connectivity index (χ1v) is 11.8. The van der Waals surface area contributed by atoms with E-state index in [0.29, 0.717) is 39.2 Å². The normalized spacial score (nSPS) is 18.2. The van der Waals surface area contributed by atoms with E-state index in [4.69, 9.17) is 10.5 Å². The Morgan fingerprint density at radius 1 is 1.16 bits per heavy atom. The fourth-order valence-electron chi connectivity index (χ4n) is 4.40. The van der Waals surface area contributed by atoms with Gasteiger partial charge in [-0.2, -0.15) is 0 Å². The van der Waals surface area contributed by atoms with Crippen molar-refractivity contribution in [3.63, 3.8) is 0 Å². The van der Waals surface area contributed by atoms with Gasteiger partial charge in [0.2, 0.25) is 5.91 Å². The molecule has 37 heavy (non-hydrogen) atoms. The zero-order valence-electron chi connectivity index (χ0n) is 20.4. The van der Waals surface area contributed by atoms with Crippen molar-refractivity contribution in [2.45, 2.75) is 37.7 Å². The van der Waals surface area contributed by atoms with Gasteiger partial charge in [0.1, 0.15) is 34.9 Å². The summed E-state index contributed by atoms with van der Waals surface area (Å²) in [6.45, 7) is 3.24. The van der Waals surface area contributed by atoms with Crippen LogP contribution in [-0.4, -0.2) is 38.4 Å². The molecule has 0 saturated heterocycles. The van der Waals surface area contributed by atoms with E-state index in [1.807, 2.05) is 6.07 Å². The van der Waals surface area contributed by atoms with E-state index < -0.39 is 22.7 Å². The van der Waals surface area contributed by atoms with E-state index in [9.17, 15) is 19.1 Å². The van der Waals surface area contributed by atoms with Gasteiger partial charge in [0, 0.05) is 35.5 Å². The molecule has 4 aromatic rings. The largest absolute Gasteiger partial charge is 0.489 e. The molecule has 0 spiro atoms. The first-order chi connectivity index (χ1) is 17.6. The van der Waals surface area contributed by atoms with Crippen LogP contribution in [0.5, 0.6) is 5.75 Å². The average Bonchev–Trinajstić information content (AvgIpc) is 3.25. The maximum atomic E-state index is 13.6. The number of aliphatic hydroxyl groups is 1. The number of carbonyl (C=O) groups excluding carboxylic acids is 2. The Morgan fingerprint density at radius 3 is 2.65 bits per heavy atom. The molecule has 0 bridgehead atoms. The molecule has 3 N–H and O–H groups in total. The zero-order chi connectivity index (χ0) is 26.4. The molecule has 5 rings (SSSR count). The van der Waals surface area contributed by atoms with Crippen molar-refractivity contribution in [2.75, 3.05) is 6.61 Å². The number of nitrogens with zero attached hydrogens (tertiary/aromatic N) is 3. The van der Waals surface area contributed by atoms with Crippen molar-refractivity contribution in [2.24, 2.45) is 5.73 Å². The maximum absolute atomic E-state index is 13.6. The fourth-order valence-corrected chi connectivity index (χ4v) is 4.40. The Kier molecular flexibility index (Phi) is 5.95. The summed E-state index contributed by atoms with van der Waals surface area (Å²) in [5, 5.41) is 11.4. The van der Waals surface area contributed by atoms with Gasteiger partial charge in [-0.1, -0.05) is 0 Å². The van der Waals surface area contributed by atoms with E-state index in [0.717, 1.165) is 0 Å². The van der Waals surface area contributed by atoms with Crippen molar-refractivity contribution in [1.82, 2.24) is 15.0 Å². The lowest BCUT2D eigenvalue weighted by atomic mass is 9.81. The molecule has 9 heteroatoms. The lowest BCUT2D eigenvalue weighted by molar-refractivity contribution is -0.123. The number of nitrogens with two attached hydrogens (primary N) is 1. The highest BCUT2D eigenvalue weighted by Crippen LogP contribution is 2.45. The van der Waals surface area contributed by atoms with Gasteiger partial charge >= 0.3 is 0 Å². The van der Waals surface area contributed by atoms with Gasteiger partial charge in [-0.3, -0.25) is 19.6 Å². The maximum Gasteiger partial charge on any atom is 0.231 e. The van der Waals surface area contributed by atoms with Gasteiger partial charge in [-0.15, -0.1) is 0 Å². The van der Waals surface area contributed by atoms with E-state index >= 15 is 0 Å². The lowest BCUT2D eigenvalue weighted by Crippen LogP contribution is -2.40. The number of fused-ring (bicyclic) bond motifs is 2. The van der Waals surface area contributed by atoms with Crippen molar-refractivity contribution in [3.05, 3.63) is 83.6 Å². The van der Waals surface area contributed by atoms with Crippen molar-refractivity contribution >= 4 is 22.7 Å². The third kappa shape index (κ3) is 4.42. The molecule has 0 saturated carbocycles. The van der Waals surface area contributed by atoms with Gasteiger partial charge in [-0.25, -0.2) is 9.37 Å². The molecule has 1 aliphatic heterocycles. The monoisotopic (exact) mass is 500 g/mol. The number of pyridine rings is 3. The molecular formula is C28H25FN4O4. The predicted molar refractivity (Wildman–Crippen MR) is 134 cm³/mol. The SMILES string of the molecule is C[C@](O)(CCC(=O)c1cnc2cccnc2c1)c1cc2c(c(-c3ccc(F)cc3)n1)OC[C@]2(C)C(N)=O. The summed E-state index contributed by atoms with van der Waals surface area (Å²) in [4.78, 5) is 38.5. The summed E-state index contributed by atoms with van der Waals surface area (Å²) in [6, 6.07) is 12.5. The lowest BCUT2D eigenvalue weighted by Gasteiger charge is -2.26. The second-order valence-corrected chi connectivity index (χ2v) is 9.69. The van der Waals surface area contributed by atoms with Gasteiger partial charge in [0.05, 0.1) is 16.7 Å². The first-order valence-electron chi connectivity index (χ1n) is 11.8. The average molecular weight is 501 g/mol. The Labute approximate surface area is 212 Å². The number of benzene rings is 1. The molecule has 1 amide bonds. The highest BCUT2D eigenvalue weighted by atomic mass is 19.1. The molecule has 1 aliphatic rings. The van der Waals surface area contributed by atoms with Crippen LogP contribution in [0.2, 0.25) is 0 Å². The smallest absolute Gasteiger partial charge is 0.231 e. The van der Waals surface area contributed by atoms with Crippen molar-refractivity contribution in [3.8, 4) is 17.0 Å². The quantitative estimate of drug-likeness (QED) is 0.369. The topological polar surface area (TPSA) is 128 Å². The van der Waals surface area contributed by atoms with Crippen LogP contribution >= 0.6 is 0 Å². The van der Waals surface area contributed by atoms with Crippen LogP contribution in [0.25, 0.3) is 22.3 Å². The van der Waals surface area contributed by atoms with Crippen molar-refractivity contribution < 1.29 is 23.8 Å². The summed E-state index contributed by atoms with van der Waals surface area (Å²) in [6.07, 6.45) is 3.19. The number of halogens is 1. The number of hydrogen-bond donors (Lipinski definition) is 2. The number of ether oxygens (including phenoxy) is 1. The molecule has 3 aromatic heterocycles. The minimum Gasteiger partial charge on any atom is -0.489 e. The summed E-state index contributed by atoms with van der Waals surface area (Å²) in [5.41, 5.74) is 6.35. The summed E-state index contributed by atoms with van der Waals surface area (Å²) in [7, 11) is 0. The van der Waals surface area contributed by atoms with Crippen LogP contribution in [0.3, 0.4) is 0 Å². The summed E-state index contributed by atoms with van der Waals surface area (Å²) in [5.74, 6) is -0.840. The molecule has 0 unspecified atom stereocenters. The van der Waals surface area contributed by atoms with E-state index in [2.05, 4.69) is 15.0 Å².